The first-order valence-electron chi connectivity index (χ1n) is 3.76. The molecule has 10 heavy (non-hydrogen) atoms. The summed E-state index contributed by atoms with van der Waals surface area (Å²) in [6.45, 7) is 4.18. The van der Waals surface area contributed by atoms with Crippen molar-refractivity contribution < 1.29 is 5.11 Å². The number of likely N-dealkylation sites (tertiary alicyclic amines) is 1. The third-order valence-electron chi connectivity index (χ3n) is 1.93. The minimum Gasteiger partial charge on any atom is -0.392 e. The first-order chi connectivity index (χ1) is 4.70. The lowest BCUT2D eigenvalue weighted by Crippen LogP contribution is -2.40. The summed E-state index contributed by atoms with van der Waals surface area (Å²) in [5.74, 6) is 0. The van der Waals surface area contributed by atoms with Crippen LogP contribution in [0.5, 0.6) is 0 Å². The molecule has 1 fully saturated rings. The molecule has 0 spiro atoms. The molecule has 0 bridgehead atoms. The van der Waals surface area contributed by atoms with Crippen LogP contribution in [0.25, 0.3) is 0 Å². The van der Waals surface area contributed by atoms with Crippen molar-refractivity contribution in [3.63, 3.8) is 0 Å². The average molecular weight is 255 g/mol. The SMILES string of the molecule is C[C@@H](I)N1CCC[C@@H](O)C1. The third-order valence-corrected chi connectivity index (χ3v) is 2.72. The number of hydrogen-bond donors (Lipinski definition) is 1. The highest BCUT2D eigenvalue weighted by molar-refractivity contribution is 14.1. The Labute approximate surface area is 75.7 Å². The van der Waals surface area contributed by atoms with Gasteiger partial charge >= 0.3 is 0 Å². The molecular weight excluding hydrogens is 241 g/mol. The van der Waals surface area contributed by atoms with Gasteiger partial charge in [-0.3, -0.25) is 4.90 Å². The van der Waals surface area contributed by atoms with E-state index in [0.717, 1.165) is 25.9 Å². The molecule has 0 aromatic carbocycles. The molecule has 60 valence electrons. The Morgan fingerprint density at radius 2 is 2.40 bits per heavy atom. The molecule has 0 unspecified atom stereocenters. The van der Waals surface area contributed by atoms with Gasteiger partial charge < -0.3 is 5.11 Å². The predicted molar refractivity (Wildman–Crippen MR) is 50.3 cm³/mol. The highest BCUT2D eigenvalue weighted by Crippen LogP contribution is 2.15. The van der Waals surface area contributed by atoms with Gasteiger partial charge in [-0.1, -0.05) is 22.6 Å². The Bertz CT molecular complexity index is 108. The van der Waals surface area contributed by atoms with E-state index < -0.39 is 0 Å². The summed E-state index contributed by atoms with van der Waals surface area (Å²) in [4.78, 5) is 2.31. The molecule has 1 rings (SSSR count). The number of nitrogens with zero attached hydrogens (tertiary/aromatic N) is 1. The van der Waals surface area contributed by atoms with E-state index in [0.29, 0.717) is 4.05 Å². The smallest absolute Gasteiger partial charge is 0.0668 e. The summed E-state index contributed by atoms with van der Waals surface area (Å²) in [5, 5.41) is 9.28. The maximum absolute atomic E-state index is 9.28. The van der Waals surface area contributed by atoms with Crippen LogP contribution in [-0.4, -0.2) is 33.2 Å². The van der Waals surface area contributed by atoms with Crippen molar-refractivity contribution in [3.05, 3.63) is 0 Å². The van der Waals surface area contributed by atoms with E-state index in [-0.39, 0.29) is 6.10 Å². The Morgan fingerprint density at radius 3 is 2.80 bits per heavy atom. The van der Waals surface area contributed by atoms with Gasteiger partial charge in [0.1, 0.15) is 0 Å². The molecule has 2 nitrogen and oxygen atoms in total. The van der Waals surface area contributed by atoms with Crippen LogP contribution >= 0.6 is 22.6 Å². The van der Waals surface area contributed by atoms with E-state index >= 15 is 0 Å². The number of hydrogen-bond acceptors (Lipinski definition) is 2. The van der Waals surface area contributed by atoms with Crippen LogP contribution in [0.3, 0.4) is 0 Å². The number of β-amino-alcohol motifs (C(OH)–C–C–N with tert-alkyl or cyclic N) is 1. The van der Waals surface area contributed by atoms with Crippen molar-refractivity contribution in [2.75, 3.05) is 13.1 Å². The first-order valence-corrected chi connectivity index (χ1v) is 5.01. The van der Waals surface area contributed by atoms with Gasteiger partial charge in [0.05, 0.1) is 10.2 Å². The van der Waals surface area contributed by atoms with E-state index in [1.807, 2.05) is 0 Å². The van der Waals surface area contributed by atoms with Gasteiger partial charge in [0, 0.05) is 6.54 Å². The van der Waals surface area contributed by atoms with Gasteiger partial charge in [-0.15, -0.1) is 0 Å². The molecule has 0 aromatic rings. The Morgan fingerprint density at radius 1 is 1.70 bits per heavy atom. The van der Waals surface area contributed by atoms with Gasteiger partial charge in [0.2, 0.25) is 0 Å². The highest BCUT2D eigenvalue weighted by atomic mass is 127. The van der Waals surface area contributed by atoms with Crippen molar-refractivity contribution in [1.29, 1.82) is 0 Å². The summed E-state index contributed by atoms with van der Waals surface area (Å²) in [6, 6.07) is 0. The lowest BCUT2D eigenvalue weighted by molar-refractivity contribution is 0.0704. The van der Waals surface area contributed by atoms with Crippen LogP contribution in [-0.2, 0) is 0 Å². The summed E-state index contributed by atoms with van der Waals surface area (Å²) in [5.41, 5.74) is 0. The van der Waals surface area contributed by atoms with Crippen molar-refractivity contribution in [3.8, 4) is 0 Å². The van der Waals surface area contributed by atoms with E-state index in [9.17, 15) is 5.11 Å². The zero-order valence-corrected chi connectivity index (χ0v) is 8.41. The maximum atomic E-state index is 9.28. The monoisotopic (exact) mass is 255 g/mol. The topological polar surface area (TPSA) is 23.5 Å². The Balaban J connectivity index is 2.32. The fourth-order valence-corrected chi connectivity index (χ4v) is 1.81. The number of halogens is 1. The van der Waals surface area contributed by atoms with Crippen LogP contribution in [0.2, 0.25) is 0 Å². The van der Waals surface area contributed by atoms with E-state index in [1.165, 1.54) is 0 Å². The van der Waals surface area contributed by atoms with E-state index in [2.05, 4.69) is 34.4 Å². The third kappa shape index (κ3) is 2.36. The summed E-state index contributed by atoms with van der Waals surface area (Å²) in [6.07, 6.45) is 2.06. The molecular formula is C7H14INO. The molecule has 3 heteroatoms. The van der Waals surface area contributed by atoms with Gasteiger partial charge in [0.25, 0.3) is 0 Å². The van der Waals surface area contributed by atoms with Gasteiger partial charge in [0.15, 0.2) is 0 Å². The summed E-state index contributed by atoms with van der Waals surface area (Å²) >= 11 is 2.39. The molecule has 2 atom stereocenters. The lowest BCUT2D eigenvalue weighted by atomic mass is 10.1. The zero-order chi connectivity index (χ0) is 7.56. The van der Waals surface area contributed by atoms with E-state index in [4.69, 9.17) is 0 Å². The van der Waals surface area contributed by atoms with Crippen LogP contribution < -0.4 is 0 Å². The fourth-order valence-electron chi connectivity index (χ4n) is 1.31. The summed E-state index contributed by atoms with van der Waals surface area (Å²) < 4.78 is 0.563. The maximum Gasteiger partial charge on any atom is 0.0668 e. The normalized spacial score (nSPS) is 32.1. The van der Waals surface area contributed by atoms with Crippen LogP contribution in [0.4, 0.5) is 0 Å². The van der Waals surface area contributed by atoms with Crippen LogP contribution in [0.15, 0.2) is 0 Å². The van der Waals surface area contributed by atoms with Gasteiger partial charge in [-0.2, -0.15) is 0 Å². The van der Waals surface area contributed by atoms with Crippen molar-refractivity contribution in [1.82, 2.24) is 4.90 Å². The number of aliphatic hydroxyl groups is 1. The molecule has 0 amide bonds. The van der Waals surface area contributed by atoms with E-state index in [1.54, 1.807) is 0 Å². The molecule has 1 aliphatic rings. The number of alkyl halides is 1. The quantitative estimate of drug-likeness (QED) is 0.432. The molecule has 0 saturated carbocycles. The van der Waals surface area contributed by atoms with Gasteiger partial charge in [-0.25, -0.2) is 0 Å². The average Bonchev–Trinajstić information content (AvgIpc) is 1.88. The molecule has 0 radical (unpaired) electrons. The highest BCUT2D eigenvalue weighted by Gasteiger charge is 2.19. The fraction of sp³-hybridized carbons (Fsp3) is 1.00. The molecule has 1 saturated heterocycles. The standard InChI is InChI=1S/C7H14INO/c1-6(8)9-4-2-3-7(10)5-9/h6-7,10H,2-5H2,1H3/t6-,7+/m0/s1. The van der Waals surface area contributed by atoms with Gasteiger partial charge in [-0.05, 0) is 26.3 Å². The second-order valence-electron chi connectivity index (χ2n) is 2.86. The summed E-state index contributed by atoms with van der Waals surface area (Å²) in [7, 11) is 0. The Hall–Kier alpha value is 0.650. The second-order valence-corrected chi connectivity index (χ2v) is 4.67. The molecule has 0 aliphatic carbocycles. The minimum atomic E-state index is -0.0778. The number of rotatable bonds is 1. The largest absolute Gasteiger partial charge is 0.392 e. The molecule has 0 aromatic heterocycles. The number of piperidine rings is 1. The molecule has 1 aliphatic heterocycles. The van der Waals surface area contributed by atoms with Crippen molar-refractivity contribution in [2.45, 2.75) is 29.9 Å². The molecule has 1 heterocycles. The molecule has 1 N–H and O–H groups in total. The zero-order valence-electron chi connectivity index (χ0n) is 6.26. The predicted octanol–water partition coefficient (Wildman–Crippen LogP) is 1.22. The number of aliphatic hydroxyl groups excluding tert-OH is 1. The lowest BCUT2D eigenvalue weighted by Gasteiger charge is -2.31. The Kier molecular flexibility index (Phi) is 3.39. The van der Waals surface area contributed by atoms with Crippen LogP contribution in [0.1, 0.15) is 19.8 Å². The first kappa shape index (κ1) is 8.74. The van der Waals surface area contributed by atoms with Crippen molar-refractivity contribution >= 4 is 22.6 Å². The van der Waals surface area contributed by atoms with Crippen LogP contribution in [0, 0.1) is 0 Å². The second kappa shape index (κ2) is 3.88. The van der Waals surface area contributed by atoms with Crippen molar-refractivity contribution in [2.24, 2.45) is 0 Å². The minimum absolute atomic E-state index is 0.0778.